The number of fused-ring (bicyclic) bond motifs is 1. The molecule has 90 valence electrons. The van der Waals surface area contributed by atoms with Crippen molar-refractivity contribution in [2.24, 2.45) is 0 Å². The van der Waals surface area contributed by atoms with Crippen molar-refractivity contribution in [3.8, 4) is 16.9 Å². The molecule has 4 heteroatoms. The van der Waals surface area contributed by atoms with Crippen LogP contribution in [0.4, 0.5) is 4.39 Å². The molecule has 0 fully saturated rings. The van der Waals surface area contributed by atoms with E-state index in [-0.39, 0.29) is 10.8 Å². The monoisotopic (exact) mass is 278 g/mol. The van der Waals surface area contributed by atoms with Gasteiger partial charge in [-0.15, -0.1) is 11.3 Å². The van der Waals surface area contributed by atoms with Crippen LogP contribution >= 0.6 is 22.9 Å². The Morgan fingerprint density at radius 3 is 2.78 bits per heavy atom. The molecular weight excluding hydrogens is 271 g/mol. The van der Waals surface area contributed by atoms with Crippen molar-refractivity contribution in [3.63, 3.8) is 0 Å². The van der Waals surface area contributed by atoms with Gasteiger partial charge >= 0.3 is 0 Å². The number of thiophene rings is 1. The third-order valence-corrected chi connectivity index (χ3v) is 4.06. The summed E-state index contributed by atoms with van der Waals surface area (Å²) in [6, 6.07) is 10.3. The molecular formula is C14H8ClFOS. The van der Waals surface area contributed by atoms with Crippen LogP contribution in [0.2, 0.25) is 5.02 Å². The molecule has 0 bridgehead atoms. The Morgan fingerprint density at radius 2 is 1.94 bits per heavy atom. The summed E-state index contributed by atoms with van der Waals surface area (Å²) in [7, 11) is 0. The molecule has 0 unspecified atom stereocenters. The van der Waals surface area contributed by atoms with Crippen molar-refractivity contribution in [3.05, 3.63) is 52.6 Å². The molecule has 0 spiro atoms. The van der Waals surface area contributed by atoms with Gasteiger partial charge in [-0.2, -0.15) is 0 Å². The van der Waals surface area contributed by atoms with E-state index in [2.05, 4.69) is 0 Å². The molecule has 0 aliphatic heterocycles. The highest BCUT2D eigenvalue weighted by molar-refractivity contribution is 7.17. The Bertz CT molecular complexity index is 736. The standard InChI is InChI=1S/C14H8ClFOS/c15-11-6-10(13(17)7-12(11)16)9-3-1-2-8-4-5-18-14(8)9/h1-7,17H. The van der Waals surface area contributed by atoms with Gasteiger partial charge < -0.3 is 5.11 Å². The maximum absolute atomic E-state index is 13.2. The topological polar surface area (TPSA) is 20.2 Å². The van der Waals surface area contributed by atoms with E-state index in [1.165, 1.54) is 6.07 Å². The molecule has 0 saturated heterocycles. The van der Waals surface area contributed by atoms with E-state index in [4.69, 9.17) is 11.6 Å². The van der Waals surface area contributed by atoms with Crippen molar-refractivity contribution < 1.29 is 9.50 Å². The predicted molar refractivity (Wildman–Crippen MR) is 73.9 cm³/mol. The molecule has 1 aromatic heterocycles. The minimum absolute atomic E-state index is 0.0105. The quantitative estimate of drug-likeness (QED) is 0.659. The second-order valence-electron chi connectivity index (χ2n) is 3.93. The van der Waals surface area contributed by atoms with E-state index in [9.17, 15) is 9.50 Å². The van der Waals surface area contributed by atoms with Crippen molar-refractivity contribution in [2.75, 3.05) is 0 Å². The third kappa shape index (κ3) is 1.76. The summed E-state index contributed by atoms with van der Waals surface area (Å²) in [6.45, 7) is 0. The normalized spacial score (nSPS) is 11.0. The molecule has 0 amide bonds. The lowest BCUT2D eigenvalue weighted by Gasteiger charge is -2.07. The van der Waals surface area contributed by atoms with E-state index < -0.39 is 5.82 Å². The van der Waals surface area contributed by atoms with E-state index in [1.807, 2.05) is 29.6 Å². The second-order valence-corrected chi connectivity index (χ2v) is 5.25. The summed E-state index contributed by atoms with van der Waals surface area (Å²) >= 11 is 7.36. The molecule has 0 aliphatic carbocycles. The molecule has 2 aromatic carbocycles. The number of hydrogen-bond donors (Lipinski definition) is 1. The highest BCUT2D eigenvalue weighted by Gasteiger charge is 2.12. The SMILES string of the molecule is Oc1cc(F)c(Cl)cc1-c1cccc2ccsc12. The fourth-order valence-electron chi connectivity index (χ4n) is 1.96. The van der Waals surface area contributed by atoms with Crippen LogP contribution in [-0.2, 0) is 0 Å². The number of phenolic OH excluding ortho intramolecular Hbond substituents is 1. The maximum atomic E-state index is 13.2. The molecule has 0 saturated carbocycles. The molecule has 0 radical (unpaired) electrons. The van der Waals surface area contributed by atoms with Gasteiger partial charge in [-0.1, -0.05) is 29.8 Å². The first-order valence-corrected chi connectivity index (χ1v) is 6.57. The fraction of sp³-hybridized carbons (Fsp3) is 0. The minimum atomic E-state index is -0.615. The van der Waals surface area contributed by atoms with Gasteiger partial charge in [0.2, 0.25) is 0 Å². The molecule has 1 N–H and O–H groups in total. The second kappa shape index (κ2) is 4.26. The van der Waals surface area contributed by atoms with Gasteiger partial charge in [0, 0.05) is 21.9 Å². The first-order valence-electron chi connectivity index (χ1n) is 5.31. The van der Waals surface area contributed by atoms with E-state index in [1.54, 1.807) is 11.3 Å². The summed E-state index contributed by atoms with van der Waals surface area (Å²) in [4.78, 5) is 0. The lowest BCUT2D eigenvalue weighted by Crippen LogP contribution is -1.83. The van der Waals surface area contributed by atoms with Crippen LogP contribution < -0.4 is 0 Å². The molecule has 3 aromatic rings. The van der Waals surface area contributed by atoms with Crippen LogP contribution in [0.5, 0.6) is 5.75 Å². The molecule has 3 rings (SSSR count). The van der Waals surface area contributed by atoms with Crippen LogP contribution in [0.15, 0.2) is 41.8 Å². The first-order chi connectivity index (χ1) is 8.66. The Hall–Kier alpha value is -1.58. The lowest BCUT2D eigenvalue weighted by molar-refractivity contribution is 0.471. The van der Waals surface area contributed by atoms with Gasteiger partial charge in [0.15, 0.2) is 0 Å². The van der Waals surface area contributed by atoms with Crippen molar-refractivity contribution in [1.29, 1.82) is 0 Å². The number of hydrogen-bond acceptors (Lipinski definition) is 2. The zero-order chi connectivity index (χ0) is 12.7. The highest BCUT2D eigenvalue weighted by Crippen LogP contribution is 2.39. The molecule has 1 heterocycles. The Kier molecular flexibility index (Phi) is 2.73. The summed E-state index contributed by atoms with van der Waals surface area (Å²) in [6.07, 6.45) is 0. The lowest BCUT2D eigenvalue weighted by atomic mass is 10.0. The van der Waals surface area contributed by atoms with Crippen LogP contribution in [0.1, 0.15) is 0 Å². The Morgan fingerprint density at radius 1 is 1.11 bits per heavy atom. The summed E-state index contributed by atoms with van der Waals surface area (Å²) in [5.74, 6) is -0.714. The number of phenols is 1. The van der Waals surface area contributed by atoms with Crippen LogP contribution in [0.25, 0.3) is 21.2 Å². The smallest absolute Gasteiger partial charge is 0.145 e. The number of benzene rings is 2. The van der Waals surface area contributed by atoms with Gasteiger partial charge in [-0.25, -0.2) is 4.39 Å². The maximum Gasteiger partial charge on any atom is 0.145 e. The molecule has 18 heavy (non-hydrogen) atoms. The number of aromatic hydroxyl groups is 1. The zero-order valence-corrected chi connectivity index (χ0v) is 10.7. The Labute approximate surface area is 112 Å². The minimum Gasteiger partial charge on any atom is -0.507 e. The highest BCUT2D eigenvalue weighted by atomic mass is 35.5. The summed E-state index contributed by atoms with van der Waals surface area (Å²) < 4.78 is 14.3. The van der Waals surface area contributed by atoms with Crippen molar-refractivity contribution in [1.82, 2.24) is 0 Å². The largest absolute Gasteiger partial charge is 0.507 e. The molecule has 0 atom stereocenters. The summed E-state index contributed by atoms with van der Waals surface area (Å²) in [5, 5.41) is 13.0. The van der Waals surface area contributed by atoms with E-state index in [0.717, 1.165) is 21.7 Å². The average molecular weight is 279 g/mol. The number of halogens is 2. The van der Waals surface area contributed by atoms with Crippen molar-refractivity contribution in [2.45, 2.75) is 0 Å². The predicted octanol–water partition coefficient (Wildman–Crippen LogP) is 5.07. The average Bonchev–Trinajstić information content (AvgIpc) is 2.82. The zero-order valence-electron chi connectivity index (χ0n) is 9.15. The third-order valence-electron chi connectivity index (χ3n) is 2.81. The van der Waals surface area contributed by atoms with Gasteiger partial charge in [0.25, 0.3) is 0 Å². The van der Waals surface area contributed by atoms with Crippen molar-refractivity contribution >= 4 is 33.0 Å². The Balaban J connectivity index is 2.32. The van der Waals surface area contributed by atoms with E-state index in [0.29, 0.717) is 5.56 Å². The van der Waals surface area contributed by atoms with Gasteiger partial charge in [-0.3, -0.25) is 0 Å². The fourth-order valence-corrected chi connectivity index (χ4v) is 3.05. The van der Waals surface area contributed by atoms with E-state index >= 15 is 0 Å². The van der Waals surface area contributed by atoms with Crippen LogP contribution in [-0.4, -0.2) is 5.11 Å². The molecule has 1 nitrogen and oxygen atoms in total. The van der Waals surface area contributed by atoms with Crippen LogP contribution in [0.3, 0.4) is 0 Å². The van der Waals surface area contributed by atoms with Gasteiger partial charge in [0.05, 0.1) is 5.02 Å². The number of rotatable bonds is 1. The molecule has 0 aliphatic rings. The summed E-state index contributed by atoms with van der Waals surface area (Å²) in [5.41, 5.74) is 1.41. The van der Waals surface area contributed by atoms with Gasteiger partial charge in [-0.05, 0) is 22.9 Å². The first kappa shape index (κ1) is 11.5. The van der Waals surface area contributed by atoms with Gasteiger partial charge in [0.1, 0.15) is 11.6 Å². The van der Waals surface area contributed by atoms with Crippen LogP contribution in [0, 0.1) is 5.82 Å².